The standard InChI is InChI=1S/C27H25ClN4O4/c1-2-36-27(35)20-16-19-23(29-22-14-8-9-15-31(22)26(19)34)32(17-10-4-3-5-11-17)24(20)30-25(33)18-12-6-7-13-21(18)28/h6-9,12-17H,2-5,10-11H2,1H3. The van der Waals surface area contributed by atoms with Crippen LogP contribution in [0.3, 0.4) is 0 Å². The zero-order valence-corrected chi connectivity index (χ0v) is 20.6. The molecule has 3 aromatic heterocycles. The average molecular weight is 505 g/mol. The van der Waals surface area contributed by atoms with Crippen molar-refractivity contribution in [3.63, 3.8) is 0 Å². The van der Waals surface area contributed by atoms with E-state index in [0.717, 1.165) is 32.1 Å². The molecule has 0 N–H and O–H groups in total. The van der Waals surface area contributed by atoms with Crippen molar-refractivity contribution in [2.45, 2.75) is 45.1 Å². The molecule has 0 bridgehead atoms. The monoisotopic (exact) mass is 504 g/mol. The number of pyridine rings is 2. The van der Waals surface area contributed by atoms with E-state index in [0.29, 0.717) is 11.3 Å². The second-order valence-electron chi connectivity index (χ2n) is 8.74. The minimum absolute atomic E-state index is 0.0464. The number of nitrogens with zero attached hydrogens (tertiary/aromatic N) is 4. The molecule has 0 aliphatic heterocycles. The normalized spacial score (nSPS) is 14.9. The van der Waals surface area contributed by atoms with Gasteiger partial charge >= 0.3 is 5.97 Å². The van der Waals surface area contributed by atoms with E-state index in [-0.39, 0.29) is 45.2 Å². The maximum atomic E-state index is 13.5. The van der Waals surface area contributed by atoms with Crippen LogP contribution in [0.25, 0.3) is 16.7 Å². The van der Waals surface area contributed by atoms with Crippen LogP contribution < -0.4 is 11.0 Å². The summed E-state index contributed by atoms with van der Waals surface area (Å²) in [7, 11) is 0. The first-order valence-electron chi connectivity index (χ1n) is 12.1. The lowest BCUT2D eigenvalue weighted by molar-refractivity contribution is 0.0523. The molecule has 0 atom stereocenters. The Kier molecular flexibility index (Phi) is 6.69. The summed E-state index contributed by atoms with van der Waals surface area (Å²) in [4.78, 5) is 49.2. The lowest BCUT2D eigenvalue weighted by atomic mass is 9.94. The topological polar surface area (TPSA) is 95.0 Å². The van der Waals surface area contributed by atoms with E-state index >= 15 is 0 Å². The van der Waals surface area contributed by atoms with Crippen LogP contribution in [0.5, 0.6) is 0 Å². The predicted molar refractivity (Wildman–Crippen MR) is 136 cm³/mol. The fourth-order valence-corrected chi connectivity index (χ4v) is 5.01. The van der Waals surface area contributed by atoms with E-state index < -0.39 is 11.9 Å². The number of hydrogen-bond acceptors (Lipinski definition) is 5. The summed E-state index contributed by atoms with van der Waals surface area (Å²) in [6.45, 7) is 1.83. The zero-order valence-electron chi connectivity index (χ0n) is 19.8. The van der Waals surface area contributed by atoms with Crippen LogP contribution in [0, 0.1) is 0 Å². The summed E-state index contributed by atoms with van der Waals surface area (Å²) in [5.74, 6) is -1.25. The van der Waals surface area contributed by atoms with E-state index in [1.165, 1.54) is 10.5 Å². The first-order valence-corrected chi connectivity index (χ1v) is 12.4. The highest BCUT2D eigenvalue weighted by Gasteiger charge is 2.25. The maximum absolute atomic E-state index is 13.5. The lowest BCUT2D eigenvalue weighted by Gasteiger charge is -2.27. The molecule has 1 fully saturated rings. The number of ether oxygens (including phenoxy) is 1. The molecule has 5 rings (SSSR count). The van der Waals surface area contributed by atoms with Crippen molar-refractivity contribution >= 4 is 40.2 Å². The summed E-state index contributed by atoms with van der Waals surface area (Å²) in [5.41, 5.74) is 0.934. The molecule has 36 heavy (non-hydrogen) atoms. The van der Waals surface area contributed by atoms with Gasteiger partial charge in [0.05, 0.1) is 22.6 Å². The van der Waals surface area contributed by atoms with Gasteiger partial charge in [-0.2, -0.15) is 4.99 Å². The number of aromatic nitrogens is 3. The van der Waals surface area contributed by atoms with Crippen LogP contribution in [0.1, 0.15) is 65.8 Å². The Labute approximate surface area is 211 Å². The van der Waals surface area contributed by atoms with Crippen molar-refractivity contribution in [3.05, 3.63) is 86.7 Å². The Bertz CT molecular complexity index is 1620. The highest BCUT2D eigenvalue weighted by atomic mass is 35.5. The largest absolute Gasteiger partial charge is 0.462 e. The van der Waals surface area contributed by atoms with Gasteiger partial charge in [-0.15, -0.1) is 0 Å². The Balaban J connectivity index is 1.91. The number of halogens is 1. The zero-order chi connectivity index (χ0) is 25.2. The van der Waals surface area contributed by atoms with Gasteiger partial charge < -0.3 is 9.30 Å². The molecule has 1 saturated carbocycles. The number of amides is 1. The van der Waals surface area contributed by atoms with E-state index in [4.69, 9.17) is 21.3 Å². The first kappa shape index (κ1) is 23.9. The third-order valence-corrected chi connectivity index (χ3v) is 6.81. The number of hydrogen-bond donors (Lipinski definition) is 0. The molecule has 8 nitrogen and oxygen atoms in total. The number of carbonyl (C=O) groups is 2. The molecule has 1 aromatic carbocycles. The van der Waals surface area contributed by atoms with Crippen molar-refractivity contribution < 1.29 is 14.3 Å². The molecule has 1 amide bonds. The molecule has 1 aliphatic carbocycles. The minimum Gasteiger partial charge on any atom is -0.462 e. The van der Waals surface area contributed by atoms with Crippen LogP contribution in [0.15, 0.2) is 64.5 Å². The second-order valence-corrected chi connectivity index (χ2v) is 9.15. The molecule has 0 saturated heterocycles. The van der Waals surface area contributed by atoms with Gasteiger partial charge in [-0.1, -0.05) is 49.1 Å². The number of carbonyl (C=O) groups excluding carboxylic acids is 2. The summed E-state index contributed by atoms with van der Waals surface area (Å²) in [6.07, 6.45) is 6.31. The summed E-state index contributed by atoms with van der Waals surface area (Å²) in [5, 5.41) is 0.521. The van der Waals surface area contributed by atoms with Crippen molar-refractivity contribution in [2.24, 2.45) is 4.99 Å². The SMILES string of the molecule is CCOC(=O)c1cc2c(=O)n3ccccc3nc2n(C2CCCCC2)c1=NC(=O)c1ccccc1Cl. The Morgan fingerprint density at radius 3 is 2.58 bits per heavy atom. The molecule has 0 unspecified atom stereocenters. The van der Waals surface area contributed by atoms with Crippen molar-refractivity contribution in [2.75, 3.05) is 6.61 Å². The second kappa shape index (κ2) is 10.1. The van der Waals surface area contributed by atoms with Crippen LogP contribution in [0.2, 0.25) is 5.02 Å². The predicted octanol–water partition coefficient (Wildman–Crippen LogP) is 4.73. The van der Waals surface area contributed by atoms with Gasteiger partial charge in [0.1, 0.15) is 16.9 Å². The minimum atomic E-state index is -0.660. The Morgan fingerprint density at radius 1 is 1.08 bits per heavy atom. The molecule has 0 radical (unpaired) electrons. The highest BCUT2D eigenvalue weighted by Crippen LogP contribution is 2.29. The van der Waals surface area contributed by atoms with E-state index in [9.17, 15) is 14.4 Å². The number of fused-ring (bicyclic) bond motifs is 2. The third-order valence-electron chi connectivity index (χ3n) is 6.48. The molecule has 9 heteroatoms. The molecular weight excluding hydrogens is 480 g/mol. The van der Waals surface area contributed by atoms with E-state index in [2.05, 4.69) is 4.99 Å². The first-order chi connectivity index (χ1) is 17.5. The number of benzene rings is 1. The highest BCUT2D eigenvalue weighted by molar-refractivity contribution is 6.33. The van der Waals surface area contributed by atoms with Gasteiger partial charge in [-0.05, 0) is 50.1 Å². The van der Waals surface area contributed by atoms with E-state index in [1.807, 2.05) is 0 Å². The van der Waals surface area contributed by atoms with Gasteiger partial charge in [0.15, 0.2) is 5.49 Å². The smallest absolute Gasteiger partial charge is 0.341 e. The molecule has 184 valence electrons. The fraction of sp³-hybridized carbons (Fsp3) is 0.296. The van der Waals surface area contributed by atoms with Crippen molar-refractivity contribution in [1.29, 1.82) is 0 Å². The molecule has 4 aromatic rings. The Hall–Kier alpha value is -3.78. The van der Waals surface area contributed by atoms with Crippen molar-refractivity contribution in [3.8, 4) is 0 Å². The van der Waals surface area contributed by atoms with E-state index in [1.54, 1.807) is 60.2 Å². The van der Waals surface area contributed by atoms with Crippen LogP contribution in [0.4, 0.5) is 0 Å². The summed E-state index contributed by atoms with van der Waals surface area (Å²) in [6, 6.07) is 13.3. The van der Waals surface area contributed by atoms with Crippen LogP contribution >= 0.6 is 11.6 Å². The van der Waals surface area contributed by atoms with Gasteiger partial charge in [-0.25, -0.2) is 9.78 Å². The lowest BCUT2D eigenvalue weighted by Crippen LogP contribution is -2.35. The van der Waals surface area contributed by atoms with Gasteiger partial charge in [0, 0.05) is 12.2 Å². The van der Waals surface area contributed by atoms with Crippen LogP contribution in [-0.4, -0.2) is 32.4 Å². The number of esters is 1. The fourth-order valence-electron chi connectivity index (χ4n) is 4.79. The van der Waals surface area contributed by atoms with Gasteiger partial charge in [0.25, 0.3) is 11.5 Å². The van der Waals surface area contributed by atoms with Gasteiger partial charge in [0.2, 0.25) is 0 Å². The average Bonchev–Trinajstić information content (AvgIpc) is 2.89. The molecule has 3 heterocycles. The molecule has 0 spiro atoms. The Morgan fingerprint density at radius 2 is 1.83 bits per heavy atom. The summed E-state index contributed by atoms with van der Waals surface area (Å²) >= 11 is 6.27. The molecule has 1 aliphatic rings. The third kappa shape index (κ3) is 4.33. The van der Waals surface area contributed by atoms with Crippen molar-refractivity contribution in [1.82, 2.24) is 14.0 Å². The summed E-state index contributed by atoms with van der Waals surface area (Å²) < 4.78 is 8.55. The quantitative estimate of drug-likeness (QED) is 0.296. The molecular formula is C27H25ClN4O4. The van der Waals surface area contributed by atoms with Gasteiger partial charge in [-0.3, -0.25) is 14.0 Å². The maximum Gasteiger partial charge on any atom is 0.341 e. The van der Waals surface area contributed by atoms with Crippen LogP contribution in [-0.2, 0) is 4.74 Å². The number of rotatable bonds is 4.